The fourth-order valence-corrected chi connectivity index (χ4v) is 3.26. The van der Waals surface area contributed by atoms with E-state index >= 15 is 0 Å². The van der Waals surface area contributed by atoms with Gasteiger partial charge in [-0.2, -0.15) is 0 Å². The Morgan fingerprint density at radius 1 is 1.48 bits per heavy atom. The first-order chi connectivity index (χ1) is 10.1. The van der Waals surface area contributed by atoms with Gasteiger partial charge in [-0.05, 0) is 43.0 Å². The first kappa shape index (κ1) is 16.4. The molecule has 1 aliphatic rings. The molecule has 0 aliphatic carbocycles. The molecule has 1 aliphatic heterocycles. The zero-order valence-electron chi connectivity index (χ0n) is 13.3. The summed E-state index contributed by atoms with van der Waals surface area (Å²) >= 11 is 0. The summed E-state index contributed by atoms with van der Waals surface area (Å²) in [6.45, 7) is 6.14. The number of hydrogen-bond donors (Lipinski definition) is 1. The molecule has 4 unspecified atom stereocenters. The summed E-state index contributed by atoms with van der Waals surface area (Å²) in [7, 11) is 1.77. The molecular formula is C17H27FN2O. The lowest BCUT2D eigenvalue weighted by Gasteiger charge is -2.42. The van der Waals surface area contributed by atoms with E-state index in [-0.39, 0.29) is 24.0 Å². The van der Waals surface area contributed by atoms with Crippen molar-refractivity contribution in [3.05, 3.63) is 35.6 Å². The van der Waals surface area contributed by atoms with Crippen LogP contribution in [0.15, 0.2) is 24.3 Å². The molecule has 0 spiro atoms. The van der Waals surface area contributed by atoms with E-state index < -0.39 is 0 Å². The molecule has 21 heavy (non-hydrogen) atoms. The fourth-order valence-electron chi connectivity index (χ4n) is 3.26. The lowest BCUT2D eigenvalue weighted by molar-refractivity contribution is -0.0234. The maximum absolute atomic E-state index is 13.6. The number of benzene rings is 1. The van der Waals surface area contributed by atoms with Crippen LogP contribution in [0.25, 0.3) is 0 Å². The number of nitrogens with two attached hydrogens (primary N) is 1. The molecule has 2 N–H and O–H groups in total. The molecular weight excluding hydrogens is 267 g/mol. The average Bonchev–Trinajstić information content (AvgIpc) is 2.49. The SMILES string of the molecule is CCC(N)C(c1cccc(F)c1)N1CCC(C)C(OC)C1. The van der Waals surface area contributed by atoms with Crippen LogP contribution in [0.5, 0.6) is 0 Å². The van der Waals surface area contributed by atoms with Crippen molar-refractivity contribution in [2.24, 2.45) is 11.7 Å². The zero-order chi connectivity index (χ0) is 15.4. The maximum Gasteiger partial charge on any atom is 0.123 e. The Morgan fingerprint density at radius 3 is 2.86 bits per heavy atom. The highest BCUT2D eigenvalue weighted by atomic mass is 19.1. The highest BCUT2D eigenvalue weighted by molar-refractivity contribution is 5.22. The third-order valence-electron chi connectivity index (χ3n) is 4.68. The normalized spacial score (nSPS) is 26.5. The molecule has 4 atom stereocenters. The smallest absolute Gasteiger partial charge is 0.123 e. The van der Waals surface area contributed by atoms with E-state index in [9.17, 15) is 4.39 Å². The summed E-state index contributed by atoms with van der Waals surface area (Å²) in [6.07, 6.45) is 2.17. The Morgan fingerprint density at radius 2 is 2.24 bits per heavy atom. The van der Waals surface area contributed by atoms with Crippen molar-refractivity contribution in [2.75, 3.05) is 20.2 Å². The van der Waals surface area contributed by atoms with Crippen molar-refractivity contribution in [3.63, 3.8) is 0 Å². The van der Waals surface area contributed by atoms with Gasteiger partial charge in [-0.1, -0.05) is 26.0 Å². The van der Waals surface area contributed by atoms with Crippen LogP contribution in [0.3, 0.4) is 0 Å². The Balaban J connectivity index is 2.24. The minimum absolute atomic E-state index is 0.00212. The van der Waals surface area contributed by atoms with Crippen molar-refractivity contribution in [1.82, 2.24) is 4.90 Å². The van der Waals surface area contributed by atoms with Crippen LogP contribution in [-0.4, -0.2) is 37.2 Å². The molecule has 1 aromatic carbocycles. The van der Waals surface area contributed by atoms with Crippen molar-refractivity contribution in [1.29, 1.82) is 0 Å². The summed E-state index contributed by atoms with van der Waals surface area (Å²) in [4.78, 5) is 2.36. The predicted octanol–water partition coefficient (Wildman–Crippen LogP) is 2.96. The molecule has 0 radical (unpaired) electrons. The third kappa shape index (κ3) is 3.82. The standard InChI is InChI=1S/C17H27FN2O/c1-4-15(19)17(13-6-5-7-14(18)10-13)20-9-8-12(2)16(11-20)21-3/h5-7,10,12,15-17H,4,8-9,11,19H2,1-3H3. The number of rotatable bonds is 5. The second-order valence-corrected chi connectivity index (χ2v) is 6.11. The number of hydrogen-bond acceptors (Lipinski definition) is 3. The van der Waals surface area contributed by atoms with E-state index in [4.69, 9.17) is 10.5 Å². The van der Waals surface area contributed by atoms with Crippen molar-refractivity contribution in [2.45, 2.75) is 44.9 Å². The van der Waals surface area contributed by atoms with Crippen molar-refractivity contribution >= 4 is 0 Å². The first-order valence-electron chi connectivity index (χ1n) is 7.84. The summed E-state index contributed by atoms with van der Waals surface area (Å²) in [5.41, 5.74) is 7.31. The number of methoxy groups -OCH3 is 1. The van der Waals surface area contributed by atoms with E-state index in [1.165, 1.54) is 6.07 Å². The van der Waals surface area contributed by atoms with Gasteiger partial charge in [0.1, 0.15) is 5.82 Å². The van der Waals surface area contributed by atoms with Gasteiger partial charge in [0.05, 0.1) is 12.1 Å². The summed E-state index contributed by atoms with van der Waals surface area (Å²) in [6, 6.07) is 6.88. The molecule has 3 nitrogen and oxygen atoms in total. The second kappa shape index (κ2) is 7.34. The minimum atomic E-state index is -0.200. The van der Waals surface area contributed by atoms with Gasteiger partial charge < -0.3 is 10.5 Å². The molecule has 2 rings (SSSR count). The summed E-state index contributed by atoms with van der Waals surface area (Å²) in [5, 5.41) is 0. The van der Waals surface area contributed by atoms with Crippen molar-refractivity contribution in [3.8, 4) is 0 Å². The van der Waals surface area contributed by atoms with E-state index in [2.05, 4.69) is 18.7 Å². The largest absolute Gasteiger partial charge is 0.380 e. The Hall–Kier alpha value is -0.970. The Labute approximate surface area is 127 Å². The monoisotopic (exact) mass is 294 g/mol. The van der Waals surface area contributed by atoms with Gasteiger partial charge in [0.2, 0.25) is 0 Å². The number of nitrogens with zero attached hydrogens (tertiary/aromatic N) is 1. The molecule has 0 aromatic heterocycles. The molecule has 1 heterocycles. The topological polar surface area (TPSA) is 38.5 Å². The Kier molecular flexibility index (Phi) is 5.73. The van der Waals surface area contributed by atoms with E-state index in [1.807, 2.05) is 6.07 Å². The van der Waals surface area contributed by atoms with Crippen LogP contribution in [0.4, 0.5) is 4.39 Å². The lowest BCUT2D eigenvalue weighted by atomic mass is 9.90. The number of likely N-dealkylation sites (tertiary alicyclic amines) is 1. The minimum Gasteiger partial charge on any atom is -0.380 e. The van der Waals surface area contributed by atoms with E-state index in [0.29, 0.717) is 5.92 Å². The number of ether oxygens (including phenoxy) is 1. The van der Waals surface area contributed by atoms with Gasteiger partial charge in [0, 0.05) is 19.7 Å². The fraction of sp³-hybridized carbons (Fsp3) is 0.647. The van der Waals surface area contributed by atoms with Gasteiger partial charge in [-0.3, -0.25) is 4.90 Å². The molecule has 118 valence electrons. The van der Waals surface area contributed by atoms with Crippen LogP contribution in [-0.2, 0) is 4.74 Å². The molecule has 0 bridgehead atoms. The average molecular weight is 294 g/mol. The van der Waals surface area contributed by atoms with Gasteiger partial charge in [0.15, 0.2) is 0 Å². The molecule has 1 aromatic rings. The maximum atomic E-state index is 13.6. The van der Waals surface area contributed by atoms with Crippen LogP contribution < -0.4 is 5.73 Å². The highest BCUT2D eigenvalue weighted by Crippen LogP contribution is 2.31. The molecule has 0 saturated carbocycles. The van der Waals surface area contributed by atoms with E-state index in [1.54, 1.807) is 19.2 Å². The molecule has 1 saturated heterocycles. The molecule has 1 fully saturated rings. The van der Waals surface area contributed by atoms with Gasteiger partial charge >= 0.3 is 0 Å². The third-order valence-corrected chi connectivity index (χ3v) is 4.68. The van der Waals surface area contributed by atoms with Gasteiger partial charge in [0.25, 0.3) is 0 Å². The predicted molar refractivity (Wildman–Crippen MR) is 83.6 cm³/mol. The van der Waals surface area contributed by atoms with Gasteiger partial charge in [-0.15, -0.1) is 0 Å². The molecule has 4 heteroatoms. The van der Waals surface area contributed by atoms with Crippen molar-refractivity contribution < 1.29 is 9.13 Å². The number of halogens is 1. The van der Waals surface area contributed by atoms with Crippen LogP contribution in [0, 0.1) is 11.7 Å². The number of piperidine rings is 1. The zero-order valence-corrected chi connectivity index (χ0v) is 13.3. The quantitative estimate of drug-likeness (QED) is 0.907. The summed E-state index contributed by atoms with van der Waals surface area (Å²) < 4.78 is 19.2. The Bertz CT molecular complexity index is 454. The highest BCUT2D eigenvalue weighted by Gasteiger charge is 2.33. The van der Waals surface area contributed by atoms with Crippen LogP contribution in [0.2, 0.25) is 0 Å². The van der Waals surface area contributed by atoms with Gasteiger partial charge in [-0.25, -0.2) is 4.39 Å². The lowest BCUT2D eigenvalue weighted by Crippen LogP contribution is -2.49. The molecule has 0 amide bonds. The second-order valence-electron chi connectivity index (χ2n) is 6.11. The van der Waals surface area contributed by atoms with E-state index in [0.717, 1.165) is 31.5 Å². The van der Waals surface area contributed by atoms with Crippen LogP contribution >= 0.6 is 0 Å². The van der Waals surface area contributed by atoms with Crippen LogP contribution in [0.1, 0.15) is 38.3 Å². The first-order valence-corrected chi connectivity index (χ1v) is 7.84. The summed E-state index contributed by atoms with van der Waals surface area (Å²) in [5.74, 6) is 0.353.